The number of carbonyl (C=O) groups excluding carboxylic acids is 1. The highest BCUT2D eigenvalue weighted by atomic mass is 19.1. The zero-order valence-electron chi connectivity index (χ0n) is 19.2. The van der Waals surface area contributed by atoms with Gasteiger partial charge in [-0.1, -0.05) is 12.8 Å². The summed E-state index contributed by atoms with van der Waals surface area (Å²) in [5.74, 6) is -1.07. The van der Waals surface area contributed by atoms with E-state index in [4.69, 9.17) is 4.74 Å². The third-order valence-corrected chi connectivity index (χ3v) is 6.41. The molecular formula is C23H27F2N7O2. The Balaban J connectivity index is 1.49. The highest BCUT2D eigenvalue weighted by Gasteiger charge is 2.31. The summed E-state index contributed by atoms with van der Waals surface area (Å²) in [4.78, 5) is 29.1. The third kappa shape index (κ3) is 4.04. The lowest BCUT2D eigenvalue weighted by atomic mass is 10.2. The number of nitrogens with one attached hydrogen (secondary N) is 1. The highest BCUT2D eigenvalue weighted by Crippen LogP contribution is 2.36. The number of pyridine rings is 1. The molecule has 0 radical (unpaired) electrons. The maximum atomic E-state index is 15.3. The molecule has 5 rings (SSSR count). The molecule has 1 N–H and O–H groups in total. The molecule has 1 saturated heterocycles. The molecule has 180 valence electrons. The summed E-state index contributed by atoms with van der Waals surface area (Å²) in [6.45, 7) is 2.29. The summed E-state index contributed by atoms with van der Waals surface area (Å²) >= 11 is 0. The second kappa shape index (κ2) is 9.13. The minimum absolute atomic E-state index is 0.00242. The number of nitrogens with zero attached hydrogens (tertiary/aromatic N) is 6. The van der Waals surface area contributed by atoms with Crippen LogP contribution in [0.1, 0.15) is 42.2 Å². The number of amides is 1. The van der Waals surface area contributed by atoms with Gasteiger partial charge < -0.3 is 24.4 Å². The SMILES string of the molecule is CN(C)C(=O)c1c(F)c2cnc(Nc3cc(F)c(N4CCOCC4)cn3)nc2n1C1CCCC1. The molecule has 1 aliphatic heterocycles. The topological polar surface area (TPSA) is 88.4 Å². The molecule has 11 heteroatoms. The Kier molecular flexibility index (Phi) is 6.03. The molecule has 2 fully saturated rings. The van der Waals surface area contributed by atoms with Gasteiger partial charge in [-0.2, -0.15) is 4.98 Å². The quantitative estimate of drug-likeness (QED) is 0.609. The van der Waals surface area contributed by atoms with Crippen molar-refractivity contribution in [3.8, 4) is 0 Å². The molecule has 0 unspecified atom stereocenters. The van der Waals surface area contributed by atoms with E-state index in [1.54, 1.807) is 18.7 Å². The van der Waals surface area contributed by atoms with Crippen LogP contribution in [0.5, 0.6) is 0 Å². The summed E-state index contributed by atoms with van der Waals surface area (Å²) in [6.07, 6.45) is 6.54. The Hall–Kier alpha value is -3.34. The molecule has 4 heterocycles. The molecular weight excluding hydrogens is 444 g/mol. The van der Waals surface area contributed by atoms with Crippen molar-refractivity contribution in [3.63, 3.8) is 0 Å². The van der Waals surface area contributed by atoms with Gasteiger partial charge in [-0.3, -0.25) is 4.79 Å². The molecule has 1 amide bonds. The molecule has 0 bridgehead atoms. The van der Waals surface area contributed by atoms with Crippen LogP contribution in [-0.2, 0) is 4.74 Å². The number of ether oxygens (including phenoxy) is 1. The average molecular weight is 472 g/mol. The van der Waals surface area contributed by atoms with E-state index in [2.05, 4.69) is 20.3 Å². The van der Waals surface area contributed by atoms with E-state index in [1.807, 2.05) is 4.90 Å². The van der Waals surface area contributed by atoms with Crippen LogP contribution >= 0.6 is 0 Å². The summed E-state index contributed by atoms with van der Waals surface area (Å²) in [5.41, 5.74) is 0.754. The van der Waals surface area contributed by atoms with Crippen LogP contribution in [0.25, 0.3) is 11.0 Å². The van der Waals surface area contributed by atoms with Crippen LogP contribution in [0, 0.1) is 11.6 Å². The molecule has 0 spiro atoms. The van der Waals surface area contributed by atoms with E-state index in [1.165, 1.54) is 23.4 Å². The number of rotatable bonds is 5. The lowest BCUT2D eigenvalue weighted by Crippen LogP contribution is -2.36. The summed E-state index contributed by atoms with van der Waals surface area (Å²) < 4.78 is 37.2. The summed E-state index contributed by atoms with van der Waals surface area (Å²) in [6, 6.07) is 1.27. The van der Waals surface area contributed by atoms with Crippen LogP contribution in [0.4, 0.5) is 26.2 Å². The van der Waals surface area contributed by atoms with Crippen LogP contribution in [-0.4, -0.2) is 70.7 Å². The fourth-order valence-corrected chi connectivity index (χ4v) is 4.68. The van der Waals surface area contributed by atoms with Gasteiger partial charge in [-0.05, 0) is 12.8 Å². The molecule has 3 aromatic heterocycles. The number of hydrogen-bond acceptors (Lipinski definition) is 7. The molecule has 1 saturated carbocycles. The maximum Gasteiger partial charge on any atom is 0.273 e. The summed E-state index contributed by atoms with van der Waals surface area (Å²) in [5, 5.41) is 3.10. The Bertz CT molecular complexity index is 1220. The Morgan fingerprint density at radius 1 is 1.15 bits per heavy atom. The van der Waals surface area contributed by atoms with E-state index < -0.39 is 17.5 Å². The predicted molar refractivity (Wildman–Crippen MR) is 124 cm³/mol. The first-order chi connectivity index (χ1) is 16.4. The van der Waals surface area contributed by atoms with Gasteiger partial charge in [0.15, 0.2) is 11.6 Å². The van der Waals surface area contributed by atoms with Crippen molar-refractivity contribution in [2.45, 2.75) is 31.7 Å². The Morgan fingerprint density at radius 2 is 1.88 bits per heavy atom. The standard InChI is InChI=1S/C23H27F2N7O2/c1-30(2)22(33)20-19(25)15-12-27-23(29-21(15)32(20)14-5-3-4-6-14)28-18-11-16(24)17(13-26-18)31-7-9-34-10-8-31/h11-14H,3-10H2,1-2H3,(H,26,27,28,29). The lowest BCUT2D eigenvalue weighted by Gasteiger charge is -2.28. The molecule has 1 aliphatic carbocycles. The first-order valence-electron chi connectivity index (χ1n) is 11.5. The predicted octanol–water partition coefficient (Wildman–Crippen LogP) is 3.50. The maximum absolute atomic E-state index is 15.3. The van der Waals surface area contributed by atoms with Crippen LogP contribution in [0.15, 0.2) is 18.5 Å². The molecule has 0 aromatic carbocycles. The molecule has 3 aromatic rings. The lowest BCUT2D eigenvalue weighted by molar-refractivity contribution is 0.0810. The third-order valence-electron chi connectivity index (χ3n) is 6.41. The largest absolute Gasteiger partial charge is 0.378 e. The fourth-order valence-electron chi connectivity index (χ4n) is 4.68. The van der Waals surface area contributed by atoms with Crippen molar-refractivity contribution in [1.29, 1.82) is 0 Å². The fraction of sp³-hybridized carbons (Fsp3) is 0.478. The average Bonchev–Trinajstić information content (AvgIpc) is 3.45. The van der Waals surface area contributed by atoms with Gasteiger partial charge in [0.05, 0.1) is 30.5 Å². The van der Waals surface area contributed by atoms with Gasteiger partial charge in [0.1, 0.15) is 17.2 Å². The van der Waals surface area contributed by atoms with Crippen LogP contribution < -0.4 is 10.2 Å². The minimum Gasteiger partial charge on any atom is -0.378 e. The van der Waals surface area contributed by atoms with E-state index >= 15 is 4.39 Å². The van der Waals surface area contributed by atoms with Crippen molar-refractivity contribution in [1.82, 2.24) is 24.4 Å². The van der Waals surface area contributed by atoms with E-state index in [0.717, 1.165) is 25.7 Å². The van der Waals surface area contributed by atoms with E-state index in [-0.39, 0.29) is 28.9 Å². The Labute approximate surface area is 195 Å². The first kappa shape index (κ1) is 22.5. The second-order valence-electron chi connectivity index (χ2n) is 8.85. The second-order valence-corrected chi connectivity index (χ2v) is 8.85. The number of halogens is 2. The minimum atomic E-state index is -0.619. The summed E-state index contributed by atoms with van der Waals surface area (Å²) in [7, 11) is 3.19. The number of anilines is 3. The van der Waals surface area contributed by atoms with Crippen molar-refractivity contribution < 1.29 is 18.3 Å². The van der Waals surface area contributed by atoms with Gasteiger partial charge in [0.25, 0.3) is 5.91 Å². The number of aromatic nitrogens is 4. The van der Waals surface area contributed by atoms with Crippen molar-refractivity contribution >= 4 is 34.4 Å². The van der Waals surface area contributed by atoms with Crippen molar-refractivity contribution in [2.75, 3.05) is 50.6 Å². The zero-order chi connectivity index (χ0) is 23.8. The van der Waals surface area contributed by atoms with Crippen LogP contribution in [0.2, 0.25) is 0 Å². The van der Waals surface area contributed by atoms with Gasteiger partial charge in [-0.15, -0.1) is 0 Å². The van der Waals surface area contributed by atoms with Gasteiger partial charge in [0, 0.05) is 45.5 Å². The monoisotopic (exact) mass is 471 g/mol. The number of hydrogen-bond donors (Lipinski definition) is 1. The van der Waals surface area contributed by atoms with Gasteiger partial charge in [-0.25, -0.2) is 18.7 Å². The smallest absolute Gasteiger partial charge is 0.273 e. The normalized spacial score (nSPS) is 16.9. The van der Waals surface area contributed by atoms with E-state index in [0.29, 0.717) is 37.6 Å². The van der Waals surface area contributed by atoms with Crippen molar-refractivity contribution in [2.24, 2.45) is 0 Å². The van der Waals surface area contributed by atoms with Crippen LogP contribution in [0.3, 0.4) is 0 Å². The molecule has 0 atom stereocenters. The molecule has 34 heavy (non-hydrogen) atoms. The first-order valence-corrected chi connectivity index (χ1v) is 11.5. The molecule has 9 nitrogen and oxygen atoms in total. The number of fused-ring (bicyclic) bond motifs is 1. The number of carbonyl (C=O) groups is 1. The van der Waals surface area contributed by atoms with Gasteiger partial charge >= 0.3 is 0 Å². The molecule has 2 aliphatic rings. The zero-order valence-corrected chi connectivity index (χ0v) is 19.2. The number of morpholine rings is 1. The Morgan fingerprint density at radius 3 is 2.56 bits per heavy atom. The van der Waals surface area contributed by atoms with Gasteiger partial charge in [0.2, 0.25) is 5.95 Å². The highest BCUT2D eigenvalue weighted by molar-refractivity contribution is 5.98. The van der Waals surface area contributed by atoms with E-state index in [9.17, 15) is 9.18 Å². The van der Waals surface area contributed by atoms with Crippen molar-refractivity contribution in [3.05, 3.63) is 35.8 Å².